The van der Waals surface area contributed by atoms with E-state index in [1.165, 1.54) is 37.7 Å². The van der Waals surface area contributed by atoms with Crippen LogP contribution in [0.15, 0.2) is 41.4 Å². The molecule has 0 spiro atoms. The zero-order valence-electron chi connectivity index (χ0n) is 15.0. The predicted octanol–water partition coefficient (Wildman–Crippen LogP) is 3.00. The number of thiazole rings is 1. The standard InChI is InChI=1S/C19H15N3O5S/c1-4-10-21-14-11-12(22(24)25)8-9-16(14)28-19(21)20-18(23)13-6-5-7-15(26-2)17(13)27-3/h1,5-9,11H,10H2,2-3H3. The number of amides is 1. The number of nitro benzene ring substituents is 1. The van der Waals surface area contributed by atoms with E-state index >= 15 is 0 Å². The van der Waals surface area contributed by atoms with Gasteiger partial charge in [0, 0.05) is 12.1 Å². The van der Waals surface area contributed by atoms with Gasteiger partial charge in [0.1, 0.15) is 0 Å². The molecule has 0 saturated heterocycles. The Balaban J connectivity index is 2.19. The number of rotatable bonds is 5. The van der Waals surface area contributed by atoms with Gasteiger partial charge in [0.2, 0.25) is 0 Å². The van der Waals surface area contributed by atoms with E-state index in [9.17, 15) is 14.9 Å². The van der Waals surface area contributed by atoms with Crippen LogP contribution in [0.1, 0.15) is 10.4 Å². The second kappa shape index (κ2) is 7.94. The molecule has 0 N–H and O–H groups in total. The highest BCUT2D eigenvalue weighted by atomic mass is 32.1. The normalized spacial score (nSPS) is 11.2. The maximum Gasteiger partial charge on any atom is 0.283 e. The van der Waals surface area contributed by atoms with E-state index < -0.39 is 10.8 Å². The number of aromatic nitrogens is 1. The van der Waals surface area contributed by atoms with Crippen molar-refractivity contribution in [1.29, 1.82) is 0 Å². The first kappa shape index (κ1) is 19.1. The molecular weight excluding hydrogens is 382 g/mol. The first-order chi connectivity index (χ1) is 13.5. The molecule has 0 aliphatic rings. The molecule has 0 aliphatic carbocycles. The molecule has 0 fully saturated rings. The number of carbonyl (C=O) groups is 1. The maximum atomic E-state index is 12.8. The summed E-state index contributed by atoms with van der Waals surface area (Å²) in [6.07, 6.45) is 5.44. The number of terminal acetylenes is 1. The molecule has 2 aromatic carbocycles. The van der Waals surface area contributed by atoms with Crippen molar-refractivity contribution >= 4 is 33.1 Å². The first-order valence-electron chi connectivity index (χ1n) is 8.01. The fourth-order valence-corrected chi connectivity index (χ4v) is 3.71. The largest absolute Gasteiger partial charge is 0.493 e. The van der Waals surface area contributed by atoms with Crippen LogP contribution >= 0.6 is 11.3 Å². The summed E-state index contributed by atoms with van der Waals surface area (Å²) >= 11 is 1.22. The Morgan fingerprint density at radius 1 is 1.32 bits per heavy atom. The van der Waals surface area contributed by atoms with Crippen LogP contribution in [0.4, 0.5) is 5.69 Å². The second-order valence-electron chi connectivity index (χ2n) is 5.54. The van der Waals surface area contributed by atoms with E-state index in [-0.39, 0.29) is 23.5 Å². The number of hydrogen-bond donors (Lipinski definition) is 0. The number of para-hydroxylation sites is 1. The van der Waals surface area contributed by atoms with Crippen LogP contribution in [0.2, 0.25) is 0 Å². The van der Waals surface area contributed by atoms with Gasteiger partial charge >= 0.3 is 0 Å². The fourth-order valence-electron chi connectivity index (χ4n) is 2.70. The summed E-state index contributed by atoms with van der Waals surface area (Å²) in [5.41, 5.74) is 0.710. The van der Waals surface area contributed by atoms with E-state index in [2.05, 4.69) is 10.9 Å². The van der Waals surface area contributed by atoms with E-state index in [0.717, 1.165) is 4.70 Å². The molecule has 0 aliphatic heterocycles. The van der Waals surface area contributed by atoms with Crippen molar-refractivity contribution in [3.8, 4) is 23.8 Å². The number of benzene rings is 2. The lowest BCUT2D eigenvalue weighted by molar-refractivity contribution is -0.384. The van der Waals surface area contributed by atoms with E-state index in [4.69, 9.17) is 15.9 Å². The number of carbonyl (C=O) groups excluding carboxylic acids is 1. The van der Waals surface area contributed by atoms with Crippen molar-refractivity contribution in [2.24, 2.45) is 4.99 Å². The van der Waals surface area contributed by atoms with Gasteiger partial charge in [-0.1, -0.05) is 23.3 Å². The summed E-state index contributed by atoms with van der Waals surface area (Å²) in [5.74, 6) is 2.64. The summed E-state index contributed by atoms with van der Waals surface area (Å²) in [4.78, 5) is 27.9. The second-order valence-corrected chi connectivity index (χ2v) is 6.55. The minimum Gasteiger partial charge on any atom is -0.493 e. The Labute approximate surface area is 163 Å². The van der Waals surface area contributed by atoms with Gasteiger partial charge in [0.15, 0.2) is 16.3 Å². The average Bonchev–Trinajstić information content (AvgIpc) is 3.03. The van der Waals surface area contributed by atoms with Crippen LogP contribution in [0.25, 0.3) is 10.2 Å². The van der Waals surface area contributed by atoms with Crippen molar-refractivity contribution in [2.45, 2.75) is 6.54 Å². The molecule has 3 aromatic rings. The van der Waals surface area contributed by atoms with Gasteiger partial charge in [-0.3, -0.25) is 14.9 Å². The summed E-state index contributed by atoms with van der Waals surface area (Å²) in [5, 5.41) is 11.1. The van der Waals surface area contributed by atoms with Crippen LogP contribution < -0.4 is 14.3 Å². The highest BCUT2D eigenvalue weighted by molar-refractivity contribution is 7.16. The number of ether oxygens (including phenoxy) is 2. The van der Waals surface area contributed by atoms with Crippen molar-refractivity contribution in [3.63, 3.8) is 0 Å². The smallest absolute Gasteiger partial charge is 0.283 e. The Hall–Kier alpha value is -3.64. The third-order valence-electron chi connectivity index (χ3n) is 3.96. The summed E-state index contributed by atoms with van der Waals surface area (Å²) in [6.45, 7) is 0.114. The summed E-state index contributed by atoms with van der Waals surface area (Å²) in [7, 11) is 2.91. The van der Waals surface area contributed by atoms with Crippen molar-refractivity contribution in [1.82, 2.24) is 4.57 Å². The molecule has 0 radical (unpaired) electrons. The molecule has 28 heavy (non-hydrogen) atoms. The fraction of sp³-hybridized carbons (Fsp3) is 0.158. The number of methoxy groups -OCH3 is 2. The Kier molecular flexibility index (Phi) is 5.42. The van der Waals surface area contributed by atoms with E-state index in [0.29, 0.717) is 16.1 Å². The van der Waals surface area contributed by atoms with Crippen LogP contribution in [-0.4, -0.2) is 29.6 Å². The summed E-state index contributed by atoms with van der Waals surface area (Å²) < 4.78 is 12.8. The lowest BCUT2D eigenvalue weighted by Crippen LogP contribution is -2.16. The van der Waals surface area contributed by atoms with Crippen molar-refractivity contribution in [3.05, 3.63) is 56.9 Å². The van der Waals surface area contributed by atoms with E-state index in [1.54, 1.807) is 28.8 Å². The highest BCUT2D eigenvalue weighted by Gasteiger charge is 2.17. The number of fused-ring (bicyclic) bond motifs is 1. The lowest BCUT2D eigenvalue weighted by Gasteiger charge is -2.09. The Bertz CT molecular complexity index is 1190. The SMILES string of the molecule is C#CCn1c(=NC(=O)c2cccc(OC)c2OC)sc2ccc([N+](=O)[O-])cc21. The lowest BCUT2D eigenvalue weighted by atomic mass is 10.2. The van der Waals surface area contributed by atoms with Gasteiger partial charge in [-0.2, -0.15) is 4.99 Å². The zero-order valence-corrected chi connectivity index (χ0v) is 15.9. The topological polar surface area (TPSA) is 96.0 Å². The molecule has 1 aromatic heterocycles. The quantitative estimate of drug-likeness (QED) is 0.375. The molecule has 8 nitrogen and oxygen atoms in total. The van der Waals surface area contributed by atoms with E-state index in [1.807, 2.05) is 0 Å². The minimum atomic E-state index is -0.539. The molecule has 0 unspecified atom stereocenters. The predicted molar refractivity (Wildman–Crippen MR) is 105 cm³/mol. The third kappa shape index (κ3) is 3.45. The number of hydrogen-bond acceptors (Lipinski definition) is 6. The van der Waals surface area contributed by atoms with Crippen LogP contribution in [0, 0.1) is 22.5 Å². The number of non-ortho nitro benzene ring substituents is 1. The average molecular weight is 397 g/mol. The molecule has 0 atom stereocenters. The van der Waals surface area contributed by atoms with Crippen molar-refractivity contribution < 1.29 is 19.2 Å². The molecular formula is C19H15N3O5S. The van der Waals surface area contributed by atoms with Crippen LogP contribution in [0.3, 0.4) is 0 Å². The van der Waals surface area contributed by atoms with Crippen LogP contribution in [-0.2, 0) is 6.54 Å². The molecule has 0 bridgehead atoms. The van der Waals surface area contributed by atoms with Crippen LogP contribution in [0.5, 0.6) is 11.5 Å². The Morgan fingerprint density at radius 2 is 2.11 bits per heavy atom. The third-order valence-corrected chi connectivity index (χ3v) is 5.02. The highest BCUT2D eigenvalue weighted by Crippen LogP contribution is 2.31. The molecule has 0 saturated carbocycles. The molecule has 1 heterocycles. The monoisotopic (exact) mass is 397 g/mol. The van der Waals surface area contributed by atoms with Gasteiger partial charge in [0.25, 0.3) is 11.6 Å². The van der Waals surface area contributed by atoms with Gasteiger partial charge in [0.05, 0.1) is 41.5 Å². The maximum absolute atomic E-state index is 12.8. The minimum absolute atomic E-state index is 0.0663. The van der Waals surface area contributed by atoms with Gasteiger partial charge < -0.3 is 14.0 Å². The number of nitro groups is 1. The van der Waals surface area contributed by atoms with Gasteiger partial charge in [-0.15, -0.1) is 6.42 Å². The van der Waals surface area contributed by atoms with Gasteiger partial charge in [-0.05, 0) is 18.2 Å². The summed E-state index contributed by atoms with van der Waals surface area (Å²) in [6, 6.07) is 9.34. The van der Waals surface area contributed by atoms with Gasteiger partial charge in [-0.25, -0.2) is 0 Å². The van der Waals surface area contributed by atoms with Crippen molar-refractivity contribution in [2.75, 3.05) is 14.2 Å². The first-order valence-corrected chi connectivity index (χ1v) is 8.83. The molecule has 9 heteroatoms. The molecule has 1 amide bonds. The molecule has 142 valence electrons. The zero-order chi connectivity index (χ0) is 20.3. The Morgan fingerprint density at radius 3 is 2.75 bits per heavy atom. The molecule has 3 rings (SSSR count). The number of nitrogens with zero attached hydrogens (tertiary/aromatic N) is 3.